The Morgan fingerprint density at radius 1 is 0.619 bits per heavy atom. The van der Waals surface area contributed by atoms with Gasteiger partial charge in [-0.15, -0.1) is 23.5 Å². The van der Waals surface area contributed by atoms with Crippen LogP contribution in [0.2, 0.25) is 20.1 Å². The Morgan fingerprint density at radius 3 is 1.29 bits per heavy atom. The number of hydrogen-bond donors (Lipinski definition) is 0. The van der Waals surface area contributed by atoms with Crippen LogP contribution in [0.5, 0.6) is 11.5 Å². The summed E-state index contributed by atoms with van der Waals surface area (Å²) in [7, 11) is 2.93. The Morgan fingerprint density at radius 2 is 0.952 bits per heavy atom. The second-order valence-corrected chi connectivity index (χ2v) is 12.5. The number of para-hydroxylation sites is 2. The van der Waals surface area contributed by atoms with Crippen molar-refractivity contribution >= 4 is 93.1 Å². The minimum absolute atomic E-state index is 0.239. The number of halogens is 4. The fourth-order valence-electron chi connectivity index (χ4n) is 4.42. The Hall–Kier alpha value is -2.72. The van der Waals surface area contributed by atoms with E-state index in [1.165, 1.54) is 37.7 Å². The molecule has 0 radical (unpaired) electrons. The Kier molecular flexibility index (Phi) is 9.72. The lowest BCUT2D eigenvalue weighted by atomic mass is 10.1. The smallest absolute Gasteiger partial charge is 0.259 e. The van der Waals surface area contributed by atoms with Gasteiger partial charge in [-0.3, -0.25) is 19.4 Å². The highest BCUT2D eigenvalue weighted by molar-refractivity contribution is 8.00. The number of carbonyl (C=O) groups excluding carboxylic acids is 2. The van der Waals surface area contributed by atoms with Crippen LogP contribution in [-0.4, -0.2) is 37.8 Å². The number of rotatable bonds is 4. The maximum atomic E-state index is 14.0. The average molecular weight is 680 g/mol. The molecule has 6 nitrogen and oxygen atoms in total. The number of fused-ring (bicyclic) bond motifs is 2. The highest BCUT2D eigenvalue weighted by atomic mass is 35.5. The fraction of sp³-hybridized carbons (Fsp3) is 0.133. The molecule has 1 heterocycles. The van der Waals surface area contributed by atoms with Crippen molar-refractivity contribution in [2.24, 2.45) is 0 Å². The van der Waals surface area contributed by atoms with E-state index >= 15 is 0 Å². The lowest BCUT2D eigenvalue weighted by molar-refractivity contribution is 0.0982. The van der Waals surface area contributed by atoms with Gasteiger partial charge in [0.15, 0.2) is 11.5 Å². The van der Waals surface area contributed by atoms with Gasteiger partial charge in [0.05, 0.1) is 57.4 Å². The quantitative estimate of drug-likeness (QED) is 0.214. The first-order chi connectivity index (χ1) is 20.2. The van der Waals surface area contributed by atoms with E-state index in [1.54, 1.807) is 34.1 Å². The highest BCUT2D eigenvalue weighted by Crippen LogP contribution is 2.42. The van der Waals surface area contributed by atoms with Gasteiger partial charge in [0.1, 0.15) is 0 Å². The van der Waals surface area contributed by atoms with E-state index in [1.807, 2.05) is 48.5 Å². The van der Waals surface area contributed by atoms with Gasteiger partial charge in [-0.05, 0) is 48.5 Å². The summed E-state index contributed by atoms with van der Waals surface area (Å²) in [5, 5.41) is 0.955. The predicted molar refractivity (Wildman–Crippen MR) is 174 cm³/mol. The molecule has 0 N–H and O–H groups in total. The molecule has 5 rings (SSSR count). The van der Waals surface area contributed by atoms with Crippen molar-refractivity contribution in [3.8, 4) is 11.5 Å². The number of benzene rings is 4. The highest BCUT2D eigenvalue weighted by Gasteiger charge is 2.28. The molecular weight excluding hydrogens is 658 g/mol. The molecule has 0 aromatic heterocycles. The van der Waals surface area contributed by atoms with E-state index in [-0.39, 0.29) is 43.7 Å². The van der Waals surface area contributed by atoms with Crippen molar-refractivity contribution in [1.82, 2.24) is 0 Å². The van der Waals surface area contributed by atoms with E-state index in [0.29, 0.717) is 34.0 Å². The second-order valence-electron chi connectivity index (χ2n) is 8.89. The second kappa shape index (κ2) is 13.3. The molecule has 0 bridgehead atoms. The van der Waals surface area contributed by atoms with Crippen molar-refractivity contribution in [2.75, 3.05) is 35.8 Å². The third kappa shape index (κ3) is 6.16. The van der Waals surface area contributed by atoms with Crippen molar-refractivity contribution in [2.45, 2.75) is 9.79 Å². The Balaban J connectivity index is 1.56. The summed E-state index contributed by atoms with van der Waals surface area (Å²) in [5.41, 5.74) is 2.01. The first-order valence-corrected chi connectivity index (χ1v) is 15.8. The summed E-state index contributed by atoms with van der Waals surface area (Å²) in [6, 6.07) is 21.3. The monoisotopic (exact) mass is 678 g/mol. The molecule has 1 aliphatic rings. The molecule has 12 heteroatoms. The Bertz CT molecular complexity index is 1520. The molecule has 0 atom stereocenters. The zero-order valence-corrected chi connectivity index (χ0v) is 26.9. The third-order valence-corrected chi connectivity index (χ3v) is 9.61. The molecule has 0 saturated carbocycles. The predicted octanol–water partition coefficient (Wildman–Crippen LogP) is 9.42. The van der Waals surface area contributed by atoms with Crippen molar-refractivity contribution in [3.05, 3.63) is 104 Å². The first kappa shape index (κ1) is 30.7. The van der Waals surface area contributed by atoms with E-state index < -0.39 is 0 Å². The van der Waals surface area contributed by atoms with Crippen LogP contribution in [0.15, 0.2) is 82.6 Å². The zero-order chi connectivity index (χ0) is 30.0. The summed E-state index contributed by atoms with van der Waals surface area (Å²) in [4.78, 5) is 32.9. The average Bonchev–Trinajstić information content (AvgIpc) is 2.98. The van der Waals surface area contributed by atoms with Crippen LogP contribution in [0.3, 0.4) is 0 Å². The molecule has 4 aromatic rings. The van der Waals surface area contributed by atoms with Crippen LogP contribution in [0, 0.1) is 0 Å². The molecule has 0 aliphatic carbocycles. The van der Waals surface area contributed by atoms with Crippen LogP contribution in [0.4, 0.5) is 11.4 Å². The number of ether oxygens (including phenoxy) is 2. The lowest BCUT2D eigenvalue weighted by Gasteiger charge is -2.30. The maximum absolute atomic E-state index is 14.0. The number of anilines is 2. The molecule has 0 fully saturated rings. The fourth-order valence-corrected chi connectivity index (χ4v) is 7.75. The molecule has 42 heavy (non-hydrogen) atoms. The summed E-state index contributed by atoms with van der Waals surface area (Å²) in [6.45, 7) is 0. The number of carbonyl (C=O) groups is 2. The summed E-state index contributed by atoms with van der Waals surface area (Å²) in [5.74, 6) is 0.540. The molecule has 0 spiro atoms. The molecule has 0 saturated heterocycles. The molecule has 0 unspecified atom stereocenters. The molecule has 216 valence electrons. The van der Waals surface area contributed by atoms with E-state index in [9.17, 15) is 9.59 Å². The summed E-state index contributed by atoms with van der Waals surface area (Å²) >= 11 is 28.3. The van der Waals surface area contributed by atoms with Gasteiger partial charge in [-0.25, -0.2) is 0 Å². The van der Waals surface area contributed by atoms with Crippen LogP contribution in [-0.2, 0) is 0 Å². The molecule has 1 aliphatic heterocycles. The third-order valence-electron chi connectivity index (χ3n) is 6.40. The minimum atomic E-state index is -0.282. The lowest BCUT2D eigenvalue weighted by Crippen LogP contribution is -2.34. The minimum Gasteiger partial charge on any atom is -0.494 e. The van der Waals surface area contributed by atoms with Crippen LogP contribution < -0.4 is 19.3 Å². The van der Waals surface area contributed by atoms with Gasteiger partial charge in [0.2, 0.25) is 0 Å². The molecule has 4 aromatic carbocycles. The van der Waals surface area contributed by atoms with Gasteiger partial charge in [0, 0.05) is 20.9 Å². The van der Waals surface area contributed by atoms with E-state index in [0.717, 1.165) is 9.79 Å². The van der Waals surface area contributed by atoms with E-state index in [2.05, 4.69) is 0 Å². The van der Waals surface area contributed by atoms with Gasteiger partial charge < -0.3 is 9.47 Å². The molecular formula is C30H22Cl4N2O4S2. The summed E-state index contributed by atoms with van der Waals surface area (Å²) < 4.78 is 10.5. The number of amides is 2. The number of hydrogen-bond acceptors (Lipinski definition) is 6. The number of nitrogens with zero attached hydrogens (tertiary/aromatic N) is 2. The topological polar surface area (TPSA) is 59.1 Å². The van der Waals surface area contributed by atoms with Crippen LogP contribution in [0.1, 0.15) is 20.7 Å². The van der Waals surface area contributed by atoms with E-state index in [4.69, 9.17) is 55.9 Å². The maximum Gasteiger partial charge on any atom is 0.259 e. The van der Waals surface area contributed by atoms with Crippen molar-refractivity contribution < 1.29 is 19.1 Å². The van der Waals surface area contributed by atoms with Crippen molar-refractivity contribution in [3.63, 3.8) is 0 Å². The first-order valence-electron chi connectivity index (χ1n) is 12.4. The molecule has 2 amide bonds. The number of methoxy groups -OCH3 is 2. The van der Waals surface area contributed by atoms with Gasteiger partial charge in [-0.1, -0.05) is 70.7 Å². The van der Waals surface area contributed by atoms with Gasteiger partial charge in [-0.2, -0.15) is 0 Å². The largest absolute Gasteiger partial charge is 0.494 e. The summed E-state index contributed by atoms with van der Waals surface area (Å²) in [6.07, 6.45) is 0. The van der Waals surface area contributed by atoms with Crippen molar-refractivity contribution in [1.29, 1.82) is 0 Å². The van der Waals surface area contributed by atoms with Crippen LogP contribution >= 0.6 is 69.9 Å². The standard InChI is InChI=1S/C30H22Cl4N2O4S2/c1-39-27-19(31)11-17(12-20(27)32)29(37)35-15-41-26-10-6-4-8-24(26)36(16-42-25-9-5-3-7-23(25)35)30(38)18-13-21(33)28(40-2)22(34)14-18/h3-14H,15-16H2,1-2H3. The SMILES string of the molecule is COc1c(Cl)cc(C(=O)N2CSc3ccccc3N(C(=O)c3cc(Cl)c(OC)c(Cl)c3)CSc3ccccc32)cc1Cl. The zero-order valence-electron chi connectivity index (χ0n) is 22.2. The number of thioether (sulfide) groups is 2. The van der Waals surface area contributed by atoms with Gasteiger partial charge in [0.25, 0.3) is 11.8 Å². The Labute approximate surface area is 271 Å². The van der Waals surface area contributed by atoms with Crippen LogP contribution in [0.25, 0.3) is 0 Å². The normalized spacial score (nSPS) is 13.2. The van der Waals surface area contributed by atoms with Gasteiger partial charge >= 0.3 is 0 Å².